The Balaban J connectivity index is 2.04. The SMILES string of the molecule is COCCCNc1cc(C)nc(Nc2cccc(Cl)c2)n1. The first-order chi connectivity index (χ1) is 10.2. The molecule has 0 saturated carbocycles. The third-order valence-electron chi connectivity index (χ3n) is 2.77. The average molecular weight is 307 g/mol. The Morgan fingerprint density at radius 3 is 2.86 bits per heavy atom. The Labute approximate surface area is 129 Å². The number of aryl methyl sites for hydroxylation is 1. The summed E-state index contributed by atoms with van der Waals surface area (Å²) >= 11 is 5.97. The van der Waals surface area contributed by atoms with E-state index in [0.29, 0.717) is 11.0 Å². The maximum Gasteiger partial charge on any atom is 0.229 e. The van der Waals surface area contributed by atoms with Crippen LogP contribution in [0.4, 0.5) is 17.5 Å². The van der Waals surface area contributed by atoms with E-state index in [0.717, 1.165) is 36.8 Å². The monoisotopic (exact) mass is 306 g/mol. The fraction of sp³-hybridized carbons (Fsp3) is 0.333. The predicted octanol–water partition coefficient (Wildman–Crippen LogP) is 3.63. The van der Waals surface area contributed by atoms with Crippen molar-refractivity contribution in [2.24, 2.45) is 0 Å². The Morgan fingerprint density at radius 1 is 1.24 bits per heavy atom. The topological polar surface area (TPSA) is 59.1 Å². The highest BCUT2D eigenvalue weighted by atomic mass is 35.5. The van der Waals surface area contributed by atoms with E-state index in [2.05, 4.69) is 20.6 Å². The Bertz CT molecular complexity index is 592. The number of hydrogen-bond acceptors (Lipinski definition) is 5. The van der Waals surface area contributed by atoms with Crippen LogP contribution in [-0.2, 0) is 4.74 Å². The highest BCUT2D eigenvalue weighted by molar-refractivity contribution is 6.30. The van der Waals surface area contributed by atoms with Crippen molar-refractivity contribution in [3.05, 3.63) is 41.0 Å². The van der Waals surface area contributed by atoms with Crippen LogP contribution in [0.5, 0.6) is 0 Å². The lowest BCUT2D eigenvalue weighted by molar-refractivity contribution is 0.198. The van der Waals surface area contributed by atoms with E-state index in [4.69, 9.17) is 16.3 Å². The summed E-state index contributed by atoms with van der Waals surface area (Å²) in [6, 6.07) is 9.37. The van der Waals surface area contributed by atoms with E-state index in [9.17, 15) is 0 Å². The number of anilines is 3. The summed E-state index contributed by atoms with van der Waals surface area (Å²) in [6.45, 7) is 3.47. The van der Waals surface area contributed by atoms with Crippen molar-refractivity contribution < 1.29 is 4.74 Å². The number of hydrogen-bond donors (Lipinski definition) is 2. The number of ether oxygens (including phenoxy) is 1. The smallest absolute Gasteiger partial charge is 0.229 e. The quantitative estimate of drug-likeness (QED) is 0.765. The van der Waals surface area contributed by atoms with Crippen LogP contribution in [0.2, 0.25) is 5.02 Å². The van der Waals surface area contributed by atoms with Crippen molar-refractivity contribution in [1.29, 1.82) is 0 Å². The van der Waals surface area contributed by atoms with Gasteiger partial charge in [-0.05, 0) is 31.5 Å². The molecular formula is C15H19ClN4O. The van der Waals surface area contributed by atoms with Gasteiger partial charge in [-0.15, -0.1) is 0 Å². The molecule has 1 aromatic carbocycles. The summed E-state index contributed by atoms with van der Waals surface area (Å²) in [7, 11) is 1.70. The number of halogens is 1. The molecule has 0 aliphatic carbocycles. The first-order valence-electron chi connectivity index (χ1n) is 6.78. The molecule has 0 fully saturated rings. The van der Waals surface area contributed by atoms with E-state index in [1.807, 2.05) is 37.3 Å². The second-order valence-corrected chi connectivity index (χ2v) is 5.06. The predicted molar refractivity (Wildman–Crippen MR) is 86.5 cm³/mol. The first kappa shape index (κ1) is 15.5. The van der Waals surface area contributed by atoms with E-state index >= 15 is 0 Å². The lowest BCUT2D eigenvalue weighted by atomic mass is 10.3. The highest BCUT2D eigenvalue weighted by Crippen LogP contribution is 2.19. The minimum Gasteiger partial charge on any atom is -0.385 e. The highest BCUT2D eigenvalue weighted by Gasteiger charge is 2.03. The zero-order chi connectivity index (χ0) is 15.1. The van der Waals surface area contributed by atoms with Crippen molar-refractivity contribution in [2.45, 2.75) is 13.3 Å². The number of aromatic nitrogens is 2. The maximum absolute atomic E-state index is 5.97. The molecule has 0 saturated heterocycles. The van der Waals surface area contributed by atoms with Crippen LogP contribution in [-0.4, -0.2) is 30.2 Å². The number of benzene rings is 1. The van der Waals surface area contributed by atoms with Crippen molar-refractivity contribution in [3.63, 3.8) is 0 Å². The average Bonchev–Trinajstić information content (AvgIpc) is 2.43. The van der Waals surface area contributed by atoms with Gasteiger partial charge < -0.3 is 15.4 Å². The minimum absolute atomic E-state index is 0.548. The third kappa shape index (κ3) is 5.21. The molecule has 1 aromatic heterocycles. The van der Waals surface area contributed by atoms with Crippen LogP contribution in [0.3, 0.4) is 0 Å². The zero-order valence-corrected chi connectivity index (χ0v) is 12.9. The van der Waals surface area contributed by atoms with Gasteiger partial charge in [-0.25, -0.2) is 4.98 Å². The van der Waals surface area contributed by atoms with Gasteiger partial charge in [-0.1, -0.05) is 17.7 Å². The van der Waals surface area contributed by atoms with Crippen molar-refractivity contribution in [1.82, 2.24) is 9.97 Å². The molecule has 0 amide bonds. The third-order valence-corrected chi connectivity index (χ3v) is 3.00. The summed E-state index contributed by atoms with van der Waals surface area (Å²) in [5, 5.41) is 7.09. The Hall–Kier alpha value is -1.85. The fourth-order valence-corrected chi connectivity index (χ4v) is 2.03. The Kier molecular flexibility index (Phi) is 5.78. The molecule has 112 valence electrons. The molecule has 2 rings (SSSR count). The molecule has 0 atom stereocenters. The molecule has 2 N–H and O–H groups in total. The van der Waals surface area contributed by atoms with Gasteiger partial charge in [0.2, 0.25) is 5.95 Å². The summed E-state index contributed by atoms with van der Waals surface area (Å²) in [4.78, 5) is 8.81. The molecule has 0 unspecified atom stereocenters. The van der Waals surface area contributed by atoms with Crippen molar-refractivity contribution in [2.75, 3.05) is 30.9 Å². The molecule has 0 spiro atoms. The van der Waals surface area contributed by atoms with Crippen LogP contribution in [0, 0.1) is 6.92 Å². The molecule has 1 heterocycles. The van der Waals surface area contributed by atoms with Gasteiger partial charge in [-0.2, -0.15) is 4.98 Å². The second-order valence-electron chi connectivity index (χ2n) is 4.63. The fourth-order valence-electron chi connectivity index (χ4n) is 1.84. The minimum atomic E-state index is 0.548. The lowest BCUT2D eigenvalue weighted by Crippen LogP contribution is -2.08. The van der Waals surface area contributed by atoms with Gasteiger partial charge in [0.05, 0.1) is 0 Å². The number of nitrogens with zero attached hydrogens (tertiary/aromatic N) is 2. The van der Waals surface area contributed by atoms with Crippen LogP contribution in [0.25, 0.3) is 0 Å². The van der Waals surface area contributed by atoms with E-state index in [1.54, 1.807) is 7.11 Å². The van der Waals surface area contributed by atoms with Crippen LogP contribution < -0.4 is 10.6 Å². The van der Waals surface area contributed by atoms with E-state index in [-0.39, 0.29) is 0 Å². The summed E-state index contributed by atoms with van der Waals surface area (Å²) < 4.78 is 5.02. The molecule has 0 aliphatic heterocycles. The number of methoxy groups -OCH3 is 1. The lowest BCUT2D eigenvalue weighted by Gasteiger charge is -2.10. The van der Waals surface area contributed by atoms with Crippen molar-refractivity contribution in [3.8, 4) is 0 Å². The van der Waals surface area contributed by atoms with Crippen LogP contribution in [0.1, 0.15) is 12.1 Å². The van der Waals surface area contributed by atoms with Crippen LogP contribution in [0.15, 0.2) is 30.3 Å². The van der Waals surface area contributed by atoms with E-state index < -0.39 is 0 Å². The van der Waals surface area contributed by atoms with Gasteiger partial charge in [-0.3, -0.25) is 0 Å². The van der Waals surface area contributed by atoms with Gasteiger partial charge >= 0.3 is 0 Å². The van der Waals surface area contributed by atoms with Gasteiger partial charge in [0.25, 0.3) is 0 Å². The van der Waals surface area contributed by atoms with Crippen molar-refractivity contribution >= 4 is 29.1 Å². The molecular weight excluding hydrogens is 288 g/mol. The molecule has 2 aromatic rings. The molecule has 21 heavy (non-hydrogen) atoms. The number of nitrogens with one attached hydrogen (secondary N) is 2. The number of rotatable bonds is 7. The summed E-state index contributed by atoms with van der Waals surface area (Å²) in [6.07, 6.45) is 0.927. The second kappa shape index (κ2) is 7.81. The maximum atomic E-state index is 5.97. The molecule has 0 radical (unpaired) electrons. The van der Waals surface area contributed by atoms with Gasteiger partial charge in [0.1, 0.15) is 5.82 Å². The van der Waals surface area contributed by atoms with Gasteiger partial charge in [0.15, 0.2) is 0 Å². The molecule has 6 heteroatoms. The van der Waals surface area contributed by atoms with E-state index in [1.165, 1.54) is 0 Å². The zero-order valence-electron chi connectivity index (χ0n) is 12.2. The molecule has 0 bridgehead atoms. The molecule has 5 nitrogen and oxygen atoms in total. The molecule has 0 aliphatic rings. The Morgan fingerprint density at radius 2 is 2.10 bits per heavy atom. The standard InChI is InChI=1S/C15H19ClN4O/c1-11-9-14(17-7-4-8-21-2)20-15(18-11)19-13-6-3-5-12(16)10-13/h3,5-6,9-10H,4,7-8H2,1-2H3,(H2,17,18,19,20). The summed E-state index contributed by atoms with van der Waals surface area (Å²) in [5.74, 6) is 1.34. The largest absolute Gasteiger partial charge is 0.385 e. The van der Waals surface area contributed by atoms with Gasteiger partial charge in [0, 0.05) is 42.7 Å². The summed E-state index contributed by atoms with van der Waals surface area (Å²) in [5.41, 5.74) is 1.75. The first-order valence-corrected chi connectivity index (χ1v) is 7.16. The normalized spacial score (nSPS) is 10.4. The van der Waals surface area contributed by atoms with Crippen LogP contribution >= 0.6 is 11.6 Å².